The number of carboxylic acid groups (broad SMARTS) is 1. The van der Waals surface area contributed by atoms with E-state index in [1.165, 1.54) is 0 Å². The molecule has 0 bridgehead atoms. The van der Waals surface area contributed by atoms with E-state index in [1.807, 2.05) is 0 Å². The van der Waals surface area contributed by atoms with Crippen molar-refractivity contribution in [3.63, 3.8) is 0 Å². The molecule has 0 aliphatic heterocycles. The maximum absolute atomic E-state index is 12.0. The van der Waals surface area contributed by atoms with Crippen molar-refractivity contribution in [3.05, 3.63) is 18.0 Å². The first-order valence-corrected chi connectivity index (χ1v) is 6.40. The molecule has 0 aromatic carbocycles. The van der Waals surface area contributed by atoms with E-state index >= 15 is 0 Å². The van der Waals surface area contributed by atoms with Gasteiger partial charge in [0.15, 0.2) is 0 Å². The molecule has 3 N–H and O–H groups in total. The standard InChI is InChI=1S/C9H14N2O5S/c1-2-11(3-4-12)17(15,16)7-5-8(9(13)14)10-6-7/h5-6,10,12H,2-4H2,1H3,(H,13,14). The predicted molar refractivity (Wildman–Crippen MR) is 59.3 cm³/mol. The summed E-state index contributed by atoms with van der Waals surface area (Å²) in [6, 6.07) is 1.05. The van der Waals surface area contributed by atoms with Crippen LogP contribution in [0.5, 0.6) is 0 Å². The van der Waals surface area contributed by atoms with E-state index in [9.17, 15) is 13.2 Å². The Kier molecular flexibility index (Phi) is 4.27. The van der Waals surface area contributed by atoms with Crippen LogP contribution in [0, 0.1) is 0 Å². The second kappa shape index (κ2) is 5.30. The van der Waals surface area contributed by atoms with Crippen molar-refractivity contribution in [2.75, 3.05) is 19.7 Å². The number of H-pyrrole nitrogens is 1. The minimum Gasteiger partial charge on any atom is -0.477 e. The number of nitrogens with zero attached hydrogens (tertiary/aromatic N) is 1. The van der Waals surface area contributed by atoms with Crippen LogP contribution >= 0.6 is 0 Å². The van der Waals surface area contributed by atoms with Gasteiger partial charge in [-0.05, 0) is 6.07 Å². The van der Waals surface area contributed by atoms with Crippen molar-refractivity contribution in [1.82, 2.24) is 9.29 Å². The van der Waals surface area contributed by atoms with Gasteiger partial charge in [-0.1, -0.05) is 6.92 Å². The highest BCUT2D eigenvalue weighted by Crippen LogP contribution is 2.16. The lowest BCUT2D eigenvalue weighted by atomic mass is 10.4. The Morgan fingerprint density at radius 3 is 2.59 bits per heavy atom. The molecular formula is C9H14N2O5S. The van der Waals surface area contributed by atoms with E-state index in [0.717, 1.165) is 16.6 Å². The Balaban J connectivity index is 3.07. The number of likely N-dealkylation sites (N-methyl/N-ethyl adjacent to an activating group) is 1. The molecule has 1 heterocycles. The van der Waals surface area contributed by atoms with Gasteiger partial charge in [-0.25, -0.2) is 13.2 Å². The molecule has 0 radical (unpaired) electrons. The summed E-state index contributed by atoms with van der Waals surface area (Å²) in [4.78, 5) is 12.9. The highest BCUT2D eigenvalue weighted by molar-refractivity contribution is 7.89. The van der Waals surface area contributed by atoms with Crippen molar-refractivity contribution in [2.45, 2.75) is 11.8 Å². The fourth-order valence-corrected chi connectivity index (χ4v) is 2.79. The van der Waals surface area contributed by atoms with Gasteiger partial charge in [0, 0.05) is 19.3 Å². The van der Waals surface area contributed by atoms with Gasteiger partial charge in [-0.2, -0.15) is 4.31 Å². The van der Waals surface area contributed by atoms with E-state index in [-0.39, 0.29) is 30.3 Å². The molecule has 8 heteroatoms. The molecule has 1 aromatic heterocycles. The Bertz CT molecular complexity index is 493. The van der Waals surface area contributed by atoms with Crippen molar-refractivity contribution in [2.24, 2.45) is 0 Å². The van der Waals surface area contributed by atoms with Crippen LogP contribution in [-0.2, 0) is 10.0 Å². The van der Waals surface area contributed by atoms with Crippen molar-refractivity contribution >= 4 is 16.0 Å². The maximum Gasteiger partial charge on any atom is 0.352 e. The average molecular weight is 262 g/mol. The lowest BCUT2D eigenvalue weighted by Gasteiger charge is -2.18. The van der Waals surface area contributed by atoms with Crippen LogP contribution in [0.1, 0.15) is 17.4 Å². The van der Waals surface area contributed by atoms with Crippen molar-refractivity contribution < 1.29 is 23.4 Å². The van der Waals surface area contributed by atoms with Crippen molar-refractivity contribution in [3.8, 4) is 0 Å². The fraction of sp³-hybridized carbons (Fsp3) is 0.444. The molecule has 0 amide bonds. The number of aromatic carboxylic acids is 1. The number of aliphatic hydroxyl groups is 1. The summed E-state index contributed by atoms with van der Waals surface area (Å²) < 4.78 is 25.1. The molecule has 0 unspecified atom stereocenters. The largest absolute Gasteiger partial charge is 0.477 e. The predicted octanol–water partition coefficient (Wildman–Crippen LogP) is -0.284. The lowest BCUT2D eigenvalue weighted by molar-refractivity contribution is 0.0691. The van der Waals surface area contributed by atoms with E-state index < -0.39 is 16.0 Å². The summed E-state index contributed by atoms with van der Waals surface area (Å²) in [5.74, 6) is -1.23. The third kappa shape index (κ3) is 2.84. The number of nitrogens with one attached hydrogen (secondary N) is 1. The zero-order valence-electron chi connectivity index (χ0n) is 9.25. The monoisotopic (exact) mass is 262 g/mol. The highest BCUT2D eigenvalue weighted by Gasteiger charge is 2.24. The Labute approximate surface area is 98.7 Å². The lowest BCUT2D eigenvalue weighted by Crippen LogP contribution is -2.33. The minimum absolute atomic E-state index is 0.0214. The molecule has 1 rings (SSSR count). The van der Waals surface area contributed by atoms with Gasteiger partial charge in [-0.3, -0.25) is 0 Å². The molecule has 1 aromatic rings. The molecular weight excluding hydrogens is 248 g/mol. The molecule has 0 saturated carbocycles. The smallest absolute Gasteiger partial charge is 0.352 e. The van der Waals surface area contributed by atoms with Gasteiger partial charge in [0.2, 0.25) is 10.0 Å². The van der Waals surface area contributed by atoms with E-state index in [2.05, 4.69) is 4.98 Å². The summed E-state index contributed by atoms with van der Waals surface area (Å²) in [5, 5.41) is 17.4. The first-order valence-electron chi connectivity index (χ1n) is 4.96. The molecule has 96 valence electrons. The summed E-state index contributed by atoms with van der Waals surface area (Å²) in [5.41, 5.74) is -0.191. The number of aliphatic hydroxyl groups excluding tert-OH is 1. The number of hydrogen-bond acceptors (Lipinski definition) is 4. The van der Waals surface area contributed by atoms with Crippen LogP contribution in [0.15, 0.2) is 17.2 Å². The van der Waals surface area contributed by atoms with Gasteiger partial charge >= 0.3 is 5.97 Å². The number of carbonyl (C=O) groups is 1. The first-order chi connectivity index (χ1) is 7.93. The number of hydrogen-bond donors (Lipinski definition) is 3. The normalized spacial score (nSPS) is 11.9. The summed E-state index contributed by atoms with van der Waals surface area (Å²) in [7, 11) is -3.75. The van der Waals surface area contributed by atoms with Gasteiger partial charge in [-0.15, -0.1) is 0 Å². The van der Waals surface area contributed by atoms with E-state index in [1.54, 1.807) is 6.92 Å². The molecule has 0 saturated heterocycles. The van der Waals surface area contributed by atoms with Crippen LogP contribution in [0.25, 0.3) is 0 Å². The third-order valence-corrected chi connectivity index (χ3v) is 4.18. The molecule has 0 atom stereocenters. The van der Waals surface area contributed by atoms with Crippen LogP contribution in [0.3, 0.4) is 0 Å². The number of aromatic nitrogens is 1. The SMILES string of the molecule is CCN(CCO)S(=O)(=O)c1c[nH]c(C(=O)O)c1. The minimum atomic E-state index is -3.75. The molecule has 0 fully saturated rings. The van der Waals surface area contributed by atoms with Gasteiger partial charge < -0.3 is 15.2 Å². The van der Waals surface area contributed by atoms with Crippen LogP contribution in [0.2, 0.25) is 0 Å². The zero-order chi connectivity index (χ0) is 13.1. The number of aromatic amines is 1. The second-order valence-electron chi connectivity index (χ2n) is 3.27. The number of rotatable bonds is 6. The average Bonchev–Trinajstić information content (AvgIpc) is 2.75. The third-order valence-electron chi connectivity index (χ3n) is 2.23. The summed E-state index contributed by atoms with van der Waals surface area (Å²) >= 11 is 0. The van der Waals surface area contributed by atoms with Crippen LogP contribution < -0.4 is 0 Å². The number of sulfonamides is 1. The Hall–Kier alpha value is -1.38. The number of carboxylic acids is 1. The quantitative estimate of drug-likeness (QED) is 0.652. The van der Waals surface area contributed by atoms with Crippen LogP contribution in [-0.4, -0.2) is 53.6 Å². The van der Waals surface area contributed by atoms with Gasteiger partial charge in [0.1, 0.15) is 10.6 Å². The van der Waals surface area contributed by atoms with E-state index in [0.29, 0.717) is 0 Å². The molecule has 0 spiro atoms. The summed E-state index contributed by atoms with van der Waals surface area (Å²) in [6.07, 6.45) is 1.12. The first kappa shape index (κ1) is 13.7. The zero-order valence-corrected chi connectivity index (χ0v) is 10.1. The fourth-order valence-electron chi connectivity index (χ4n) is 1.36. The maximum atomic E-state index is 12.0. The van der Waals surface area contributed by atoms with Crippen molar-refractivity contribution in [1.29, 1.82) is 0 Å². The van der Waals surface area contributed by atoms with Gasteiger partial charge in [0.25, 0.3) is 0 Å². The highest BCUT2D eigenvalue weighted by atomic mass is 32.2. The molecule has 17 heavy (non-hydrogen) atoms. The summed E-state index contributed by atoms with van der Waals surface area (Å²) in [6.45, 7) is 1.53. The van der Waals surface area contributed by atoms with Crippen LogP contribution in [0.4, 0.5) is 0 Å². The Morgan fingerprint density at radius 1 is 1.53 bits per heavy atom. The molecule has 0 aliphatic carbocycles. The Morgan fingerprint density at radius 2 is 2.18 bits per heavy atom. The second-order valence-corrected chi connectivity index (χ2v) is 5.21. The van der Waals surface area contributed by atoms with Gasteiger partial charge in [0.05, 0.1) is 6.61 Å². The molecule has 0 aliphatic rings. The van der Waals surface area contributed by atoms with E-state index in [4.69, 9.17) is 10.2 Å². The topological polar surface area (TPSA) is 111 Å². The molecule has 7 nitrogen and oxygen atoms in total.